The highest BCUT2D eigenvalue weighted by Crippen LogP contribution is 2.18. The van der Waals surface area contributed by atoms with Gasteiger partial charge in [-0.2, -0.15) is 13.2 Å². The number of aromatic nitrogens is 1. The molecule has 27 heavy (non-hydrogen) atoms. The Morgan fingerprint density at radius 1 is 1.19 bits per heavy atom. The average Bonchev–Trinajstić information content (AvgIpc) is 2.59. The summed E-state index contributed by atoms with van der Waals surface area (Å²) in [5, 5.41) is 2.67. The molecular formula is C17H20Cl2F3N3O2. The number of pyridine rings is 1. The number of benzene rings is 1. The van der Waals surface area contributed by atoms with E-state index in [2.05, 4.69) is 15.0 Å². The molecule has 1 amide bonds. The number of carbonyl (C=O) groups excluding carboxylic acids is 1. The quantitative estimate of drug-likeness (QED) is 0.710. The summed E-state index contributed by atoms with van der Waals surface area (Å²) in [4.78, 5) is 15.7. The first kappa shape index (κ1) is 25.0. The van der Waals surface area contributed by atoms with E-state index in [-0.39, 0.29) is 49.6 Å². The summed E-state index contributed by atoms with van der Waals surface area (Å²) >= 11 is 0. The van der Waals surface area contributed by atoms with Crippen molar-refractivity contribution in [1.29, 1.82) is 0 Å². The summed E-state index contributed by atoms with van der Waals surface area (Å²) in [6, 6.07) is 11.7. The number of carbonyl (C=O) groups is 1. The Labute approximate surface area is 167 Å². The van der Waals surface area contributed by atoms with Crippen LogP contribution in [0.3, 0.4) is 0 Å². The van der Waals surface area contributed by atoms with Crippen LogP contribution in [0.5, 0.6) is 5.88 Å². The summed E-state index contributed by atoms with van der Waals surface area (Å²) in [5.74, 6) is -0.406. The van der Waals surface area contributed by atoms with Gasteiger partial charge in [0, 0.05) is 31.3 Å². The van der Waals surface area contributed by atoms with Gasteiger partial charge >= 0.3 is 6.18 Å². The molecule has 150 valence electrons. The molecule has 1 atom stereocenters. The maximum absolute atomic E-state index is 12.1. The van der Waals surface area contributed by atoms with E-state index in [0.717, 1.165) is 5.56 Å². The molecule has 0 fully saturated rings. The smallest absolute Gasteiger partial charge is 0.422 e. The van der Waals surface area contributed by atoms with Crippen molar-refractivity contribution in [3.63, 3.8) is 0 Å². The van der Waals surface area contributed by atoms with Crippen LogP contribution in [0.15, 0.2) is 48.7 Å². The minimum absolute atomic E-state index is 0. The molecule has 0 saturated heterocycles. The SMILES string of the molecule is Cl.Cl.NC(CC(=O)NCc1ccnc(OCC(F)(F)F)c1)c1ccccc1. The van der Waals surface area contributed by atoms with Crippen molar-refractivity contribution in [2.45, 2.75) is 25.2 Å². The van der Waals surface area contributed by atoms with E-state index in [1.807, 2.05) is 30.3 Å². The molecule has 0 aliphatic rings. The molecule has 2 rings (SSSR count). The Hall–Kier alpha value is -2.03. The zero-order chi connectivity index (χ0) is 18.3. The van der Waals surface area contributed by atoms with Gasteiger partial charge < -0.3 is 15.8 Å². The number of hydrogen-bond acceptors (Lipinski definition) is 4. The van der Waals surface area contributed by atoms with Crippen molar-refractivity contribution in [2.24, 2.45) is 5.73 Å². The number of alkyl halides is 3. The molecule has 1 aromatic heterocycles. The summed E-state index contributed by atoms with van der Waals surface area (Å²) in [5.41, 5.74) is 7.40. The van der Waals surface area contributed by atoms with E-state index in [9.17, 15) is 18.0 Å². The van der Waals surface area contributed by atoms with Crippen LogP contribution < -0.4 is 15.8 Å². The number of amides is 1. The van der Waals surface area contributed by atoms with E-state index in [1.54, 1.807) is 6.07 Å². The standard InChI is InChI=1S/C17H18F3N3O2.2ClH/c18-17(19,20)11-25-16-8-12(6-7-22-16)10-23-15(24)9-14(21)13-4-2-1-3-5-13;;/h1-8,14H,9-11,21H2,(H,23,24);2*1H. The molecule has 1 unspecified atom stereocenters. The van der Waals surface area contributed by atoms with E-state index in [4.69, 9.17) is 5.73 Å². The van der Waals surface area contributed by atoms with Crippen molar-refractivity contribution in [3.8, 4) is 5.88 Å². The van der Waals surface area contributed by atoms with Crippen molar-refractivity contribution in [3.05, 3.63) is 59.8 Å². The summed E-state index contributed by atoms with van der Waals surface area (Å²) in [6.45, 7) is -1.27. The highest BCUT2D eigenvalue weighted by molar-refractivity contribution is 5.85. The second kappa shape index (κ2) is 11.6. The monoisotopic (exact) mass is 425 g/mol. The van der Waals surface area contributed by atoms with Crippen LogP contribution in [-0.4, -0.2) is 23.7 Å². The zero-order valence-electron chi connectivity index (χ0n) is 14.1. The van der Waals surface area contributed by atoms with Crippen molar-refractivity contribution < 1.29 is 22.7 Å². The lowest BCUT2D eigenvalue weighted by molar-refractivity contribution is -0.154. The van der Waals surface area contributed by atoms with Gasteiger partial charge in [0.25, 0.3) is 0 Å². The van der Waals surface area contributed by atoms with Gasteiger partial charge in [-0.15, -0.1) is 24.8 Å². The third kappa shape index (κ3) is 9.46. The lowest BCUT2D eigenvalue weighted by Gasteiger charge is -2.12. The number of ether oxygens (including phenoxy) is 1. The number of nitrogens with one attached hydrogen (secondary N) is 1. The second-order valence-corrected chi connectivity index (χ2v) is 5.40. The number of nitrogens with zero attached hydrogens (tertiary/aromatic N) is 1. The van der Waals surface area contributed by atoms with Crippen LogP contribution >= 0.6 is 24.8 Å². The van der Waals surface area contributed by atoms with Crippen molar-refractivity contribution in [2.75, 3.05) is 6.61 Å². The van der Waals surface area contributed by atoms with Crippen LogP contribution in [0.25, 0.3) is 0 Å². The fourth-order valence-corrected chi connectivity index (χ4v) is 2.09. The van der Waals surface area contributed by atoms with Gasteiger partial charge in [-0.3, -0.25) is 4.79 Å². The Morgan fingerprint density at radius 3 is 2.48 bits per heavy atom. The average molecular weight is 426 g/mol. The predicted molar refractivity (Wildman–Crippen MR) is 100 cm³/mol. The molecular weight excluding hydrogens is 406 g/mol. The highest BCUT2D eigenvalue weighted by Gasteiger charge is 2.28. The maximum Gasteiger partial charge on any atom is 0.422 e. The Morgan fingerprint density at radius 2 is 1.85 bits per heavy atom. The second-order valence-electron chi connectivity index (χ2n) is 5.40. The lowest BCUT2D eigenvalue weighted by Crippen LogP contribution is -2.27. The molecule has 10 heteroatoms. The van der Waals surface area contributed by atoms with Crippen LogP contribution in [0.1, 0.15) is 23.6 Å². The van der Waals surface area contributed by atoms with Gasteiger partial charge in [0.1, 0.15) is 0 Å². The molecule has 0 bridgehead atoms. The summed E-state index contributed by atoms with van der Waals surface area (Å²) in [7, 11) is 0. The molecule has 0 radical (unpaired) electrons. The molecule has 5 nitrogen and oxygen atoms in total. The van der Waals surface area contributed by atoms with E-state index >= 15 is 0 Å². The predicted octanol–water partition coefficient (Wildman–Crippen LogP) is 3.57. The largest absolute Gasteiger partial charge is 0.468 e. The molecule has 0 saturated carbocycles. The van der Waals surface area contributed by atoms with Gasteiger partial charge in [-0.25, -0.2) is 4.98 Å². The van der Waals surface area contributed by atoms with Gasteiger partial charge in [0.15, 0.2) is 6.61 Å². The minimum Gasteiger partial charge on any atom is -0.468 e. The Kier molecular flexibility index (Phi) is 10.8. The Bertz CT molecular complexity index is 703. The maximum atomic E-state index is 12.1. The lowest BCUT2D eigenvalue weighted by atomic mass is 10.0. The topological polar surface area (TPSA) is 77.2 Å². The zero-order valence-corrected chi connectivity index (χ0v) is 15.7. The third-order valence-electron chi connectivity index (χ3n) is 3.31. The molecule has 3 N–H and O–H groups in total. The fraction of sp³-hybridized carbons (Fsp3) is 0.294. The first-order valence-electron chi connectivity index (χ1n) is 7.55. The number of halogens is 5. The molecule has 1 heterocycles. The summed E-state index contributed by atoms with van der Waals surface area (Å²) < 4.78 is 41.0. The minimum atomic E-state index is -4.43. The van der Waals surface area contributed by atoms with Gasteiger partial charge in [0.2, 0.25) is 11.8 Å². The van der Waals surface area contributed by atoms with Crippen molar-refractivity contribution in [1.82, 2.24) is 10.3 Å². The molecule has 0 aliphatic heterocycles. The van der Waals surface area contributed by atoms with Crippen LogP contribution in [0.4, 0.5) is 13.2 Å². The number of nitrogens with two attached hydrogens (primary N) is 1. The normalized spacial score (nSPS) is 11.6. The van der Waals surface area contributed by atoms with Crippen LogP contribution in [0, 0.1) is 0 Å². The van der Waals surface area contributed by atoms with E-state index in [1.165, 1.54) is 12.3 Å². The van der Waals surface area contributed by atoms with Crippen LogP contribution in [-0.2, 0) is 11.3 Å². The first-order valence-corrected chi connectivity index (χ1v) is 7.55. The summed E-state index contributed by atoms with van der Waals surface area (Å²) in [6.07, 6.45) is -3.01. The first-order chi connectivity index (χ1) is 11.8. The molecule has 0 spiro atoms. The molecule has 1 aromatic carbocycles. The number of rotatable bonds is 7. The van der Waals surface area contributed by atoms with E-state index < -0.39 is 18.8 Å². The molecule has 2 aromatic rings. The third-order valence-corrected chi connectivity index (χ3v) is 3.31. The van der Waals surface area contributed by atoms with Gasteiger partial charge in [-0.05, 0) is 17.2 Å². The van der Waals surface area contributed by atoms with Gasteiger partial charge in [0.05, 0.1) is 0 Å². The van der Waals surface area contributed by atoms with E-state index in [0.29, 0.717) is 5.56 Å². The van der Waals surface area contributed by atoms with Crippen LogP contribution in [0.2, 0.25) is 0 Å². The highest BCUT2D eigenvalue weighted by atomic mass is 35.5. The van der Waals surface area contributed by atoms with Crippen molar-refractivity contribution >= 4 is 30.7 Å². The number of hydrogen-bond donors (Lipinski definition) is 2. The van der Waals surface area contributed by atoms with Gasteiger partial charge in [-0.1, -0.05) is 30.3 Å². The Balaban J connectivity index is 0.00000338. The fourth-order valence-electron chi connectivity index (χ4n) is 2.09. The molecule has 0 aliphatic carbocycles.